The first kappa shape index (κ1) is 12.1. The van der Waals surface area contributed by atoms with Crippen LogP contribution in [0.15, 0.2) is 6.07 Å². The number of H-pyrrole nitrogens is 1. The van der Waals surface area contributed by atoms with E-state index in [0.29, 0.717) is 11.6 Å². The van der Waals surface area contributed by atoms with Crippen LogP contribution in [-0.2, 0) is 6.42 Å². The van der Waals surface area contributed by atoms with Crippen molar-refractivity contribution in [1.82, 2.24) is 20.8 Å². The van der Waals surface area contributed by atoms with E-state index in [0.717, 1.165) is 38.2 Å². The Balaban J connectivity index is 1.72. The summed E-state index contributed by atoms with van der Waals surface area (Å²) >= 11 is 0. The Morgan fingerprint density at radius 1 is 1.65 bits per heavy atom. The summed E-state index contributed by atoms with van der Waals surface area (Å²) in [6, 6.07) is 1.81. The quantitative estimate of drug-likeness (QED) is 0.705. The number of nitrogens with one attached hydrogen (secondary N) is 3. The minimum absolute atomic E-state index is 0.0769. The molecule has 1 amide bonds. The largest absolute Gasteiger partial charge is 0.351 e. The lowest BCUT2D eigenvalue weighted by Gasteiger charge is -2.08. The van der Waals surface area contributed by atoms with Gasteiger partial charge in [-0.15, -0.1) is 0 Å². The van der Waals surface area contributed by atoms with Crippen molar-refractivity contribution in [2.75, 3.05) is 19.6 Å². The molecule has 1 saturated heterocycles. The zero-order valence-corrected chi connectivity index (χ0v) is 10.3. The SMILES string of the molecule is CCc1cc(C(=O)NCCC2CCNC2)n[nH]1. The van der Waals surface area contributed by atoms with Crippen LogP contribution in [0.1, 0.15) is 35.9 Å². The minimum Gasteiger partial charge on any atom is -0.351 e. The van der Waals surface area contributed by atoms with E-state index in [9.17, 15) is 4.79 Å². The molecule has 0 aliphatic carbocycles. The zero-order valence-electron chi connectivity index (χ0n) is 10.3. The first-order valence-electron chi connectivity index (χ1n) is 6.32. The molecule has 1 atom stereocenters. The molecule has 5 nitrogen and oxygen atoms in total. The highest BCUT2D eigenvalue weighted by Gasteiger charge is 2.15. The van der Waals surface area contributed by atoms with E-state index in [1.807, 2.05) is 13.0 Å². The molecule has 1 fully saturated rings. The average molecular weight is 236 g/mol. The first-order chi connectivity index (χ1) is 8.29. The van der Waals surface area contributed by atoms with Crippen LogP contribution < -0.4 is 10.6 Å². The van der Waals surface area contributed by atoms with Crippen molar-refractivity contribution in [3.05, 3.63) is 17.5 Å². The molecule has 0 spiro atoms. The van der Waals surface area contributed by atoms with Gasteiger partial charge in [-0.3, -0.25) is 9.89 Å². The lowest BCUT2D eigenvalue weighted by atomic mass is 10.1. The lowest BCUT2D eigenvalue weighted by Crippen LogP contribution is -2.26. The number of rotatable bonds is 5. The summed E-state index contributed by atoms with van der Waals surface area (Å²) in [6.07, 6.45) is 3.13. The van der Waals surface area contributed by atoms with Crippen molar-refractivity contribution in [3.8, 4) is 0 Å². The molecule has 2 heterocycles. The van der Waals surface area contributed by atoms with Crippen molar-refractivity contribution in [3.63, 3.8) is 0 Å². The second kappa shape index (κ2) is 5.82. The molecule has 1 unspecified atom stereocenters. The number of amides is 1. The topological polar surface area (TPSA) is 69.8 Å². The van der Waals surface area contributed by atoms with Crippen LogP contribution in [-0.4, -0.2) is 35.7 Å². The number of nitrogens with zero attached hydrogens (tertiary/aromatic N) is 1. The number of carbonyl (C=O) groups excluding carboxylic acids is 1. The summed E-state index contributed by atoms with van der Waals surface area (Å²) in [7, 11) is 0. The Hall–Kier alpha value is -1.36. The number of aromatic amines is 1. The molecule has 5 heteroatoms. The van der Waals surface area contributed by atoms with Gasteiger partial charge in [0.2, 0.25) is 0 Å². The molecule has 0 aromatic carbocycles. The predicted molar refractivity (Wildman–Crippen MR) is 65.9 cm³/mol. The molecular weight excluding hydrogens is 216 g/mol. The monoisotopic (exact) mass is 236 g/mol. The normalized spacial score (nSPS) is 19.5. The summed E-state index contributed by atoms with van der Waals surface area (Å²) < 4.78 is 0. The van der Waals surface area contributed by atoms with E-state index in [4.69, 9.17) is 0 Å². The van der Waals surface area contributed by atoms with Gasteiger partial charge in [0.05, 0.1) is 0 Å². The van der Waals surface area contributed by atoms with Crippen molar-refractivity contribution in [2.24, 2.45) is 5.92 Å². The molecule has 1 aromatic rings. The molecule has 0 saturated carbocycles. The second-order valence-corrected chi connectivity index (χ2v) is 4.54. The van der Waals surface area contributed by atoms with E-state index in [1.54, 1.807) is 0 Å². The van der Waals surface area contributed by atoms with Crippen LogP contribution >= 0.6 is 0 Å². The van der Waals surface area contributed by atoms with E-state index in [1.165, 1.54) is 6.42 Å². The van der Waals surface area contributed by atoms with Crippen LogP contribution in [0.3, 0.4) is 0 Å². The summed E-state index contributed by atoms with van der Waals surface area (Å²) in [5, 5.41) is 13.1. The van der Waals surface area contributed by atoms with Gasteiger partial charge < -0.3 is 10.6 Å². The third-order valence-electron chi connectivity index (χ3n) is 3.24. The van der Waals surface area contributed by atoms with Crippen molar-refractivity contribution < 1.29 is 4.79 Å². The van der Waals surface area contributed by atoms with Crippen molar-refractivity contribution in [2.45, 2.75) is 26.2 Å². The van der Waals surface area contributed by atoms with Crippen molar-refractivity contribution >= 4 is 5.91 Å². The maximum atomic E-state index is 11.7. The van der Waals surface area contributed by atoms with Crippen molar-refractivity contribution in [1.29, 1.82) is 0 Å². The van der Waals surface area contributed by atoms with Crippen LogP contribution in [0.4, 0.5) is 0 Å². The smallest absolute Gasteiger partial charge is 0.271 e. The molecular formula is C12H20N4O. The van der Waals surface area contributed by atoms with Crippen LogP contribution in [0, 0.1) is 5.92 Å². The highest BCUT2D eigenvalue weighted by molar-refractivity contribution is 5.92. The molecule has 1 aromatic heterocycles. The van der Waals surface area contributed by atoms with Gasteiger partial charge in [0.25, 0.3) is 5.91 Å². The van der Waals surface area contributed by atoms with E-state index in [-0.39, 0.29) is 5.91 Å². The van der Waals surface area contributed by atoms with E-state index < -0.39 is 0 Å². The highest BCUT2D eigenvalue weighted by atomic mass is 16.1. The lowest BCUT2D eigenvalue weighted by molar-refractivity contribution is 0.0946. The number of hydrogen-bond donors (Lipinski definition) is 3. The van der Waals surface area contributed by atoms with Crippen LogP contribution in [0.25, 0.3) is 0 Å². The van der Waals surface area contributed by atoms with Gasteiger partial charge in [0.15, 0.2) is 0 Å². The second-order valence-electron chi connectivity index (χ2n) is 4.54. The van der Waals surface area contributed by atoms with Crippen LogP contribution in [0.5, 0.6) is 0 Å². The Morgan fingerprint density at radius 2 is 2.53 bits per heavy atom. The molecule has 0 bridgehead atoms. The summed E-state index contributed by atoms with van der Waals surface area (Å²) in [5.74, 6) is 0.632. The van der Waals surface area contributed by atoms with Gasteiger partial charge in [0, 0.05) is 12.2 Å². The van der Waals surface area contributed by atoms with Gasteiger partial charge in [-0.25, -0.2) is 0 Å². The number of aromatic nitrogens is 2. The number of hydrogen-bond acceptors (Lipinski definition) is 3. The fourth-order valence-electron chi connectivity index (χ4n) is 2.10. The molecule has 1 aliphatic rings. The van der Waals surface area contributed by atoms with Gasteiger partial charge in [-0.1, -0.05) is 6.92 Å². The average Bonchev–Trinajstić information content (AvgIpc) is 2.99. The Labute approximate surface area is 101 Å². The minimum atomic E-state index is -0.0769. The molecule has 3 N–H and O–H groups in total. The zero-order chi connectivity index (χ0) is 12.1. The third-order valence-corrected chi connectivity index (χ3v) is 3.24. The van der Waals surface area contributed by atoms with E-state index >= 15 is 0 Å². The highest BCUT2D eigenvalue weighted by Crippen LogP contribution is 2.10. The fraction of sp³-hybridized carbons (Fsp3) is 0.667. The van der Waals surface area contributed by atoms with Crippen LogP contribution in [0.2, 0.25) is 0 Å². The van der Waals surface area contributed by atoms with E-state index in [2.05, 4.69) is 20.8 Å². The Bertz CT molecular complexity index is 368. The maximum Gasteiger partial charge on any atom is 0.271 e. The Morgan fingerprint density at radius 3 is 3.18 bits per heavy atom. The third kappa shape index (κ3) is 3.30. The number of carbonyl (C=O) groups is 1. The van der Waals surface area contributed by atoms with Gasteiger partial charge in [-0.05, 0) is 44.3 Å². The van der Waals surface area contributed by atoms with Gasteiger partial charge in [-0.2, -0.15) is 5.10 Å². The summed E-state index contributed by atoms with van der Waals surface area (Å²) in [4.78, 5) is 11.7. The first-order valence-corrected chi connectivity index (χ1v) is 6.32. The molecule has 2 rings (SSSR count). The summed E-state index contributed by atoms with van der Waals surface area (Å²) in [5.41, 5.74) is 1.49. The van der Waals surface area contributed by atoms with Gasteiger partial charge >= 0.3 is 0 Å². The Kier molecular flexibility index (Phi) is 4.14. The standard InChI is InChI=1S/C12H20N4O/c1-2-10-7-11(16-15-10)12(17)14-6-4-9-3-5-13-8-9/h7,9,13H,2-6,8H2,1H3,(H,14,17)(H,15,16). The summed E-state index contributed by atoms with van der Waals surface area (Å²) in [6.45, 7) is 4.96. The predicted octanol–water partition coefficient (Wildman–Crippen LogP) is 0.701. The molecule has 94 valence electrons. The number of aryl methyl sites for hydroxylation is 1. The molecule has 1 aliphatic heterocycles. The van der Waals surface area contributed by atoms with Gasteiger partial charge in [0.1, 0.15) is 5.69 Å². The maximum absolute atomic E-state index is 11.7. The molecule has 17 heavy (non-hydrogen) atoms. The molecule has 0 radical (unpaired) electrons. The fourth-order valence-corrected chi connectivity index (χ4v) is 2.10.